The fourth-order valence-electron chi connectivity index (χ4n) is 14.9. The van der Waals surface area contributed by atoms with E-state index in [0.717, 1.165) is 22.7 Å². The van der Waals surface area contributed by atoms with Crippen molar-refractivity contribution in [1.29, 1.82) is 0 Å². The highest BCUT2D eigenvalue weighted by molar-refractivity contribution is 8.01. The Morgan fingerprint density at radius 1 is 0.278 bits per heavy atom. The molecule has 15 rings (SSSR count). The van der Waals surface area contributed by atoms with Crippen LogP contribution >= 0.6 is 23.5 Å². The second-order valence-corrected chi connectivity index (χ2v) is 31.1. The molecule has 90 heavy (non-hydrogen) atoms. The van der Waals surface area contributed by atoms with E-state index in [-0.39, 0.29) is 35.1 Å². The summed E-state index contributed by atoms with van der Waals surface area (Å²) in [5.74, 6) is 0. The molecule has 4 nitrogen and oxygen atoms in total. The molecule has 0 N–H and O–H groups in total. The molecule has 0 unspecified atom stereocenters. The van der Waals surface area contributed by atoms with Gasteiger partial charge in [-0.25, -0.2) is 0 Å². The molecule has 0 saturated carbocycles. The average molecular weight is 1200 g/mol. The molecule has 0 aromatic heterocycles. The molecule has 4 aliphatic heterocycles. The maximum atomic E-state index is 2.65. The fraction of sp³-hybridized carbons (Fsp3) is 0.195. The van der Waals surface area contributed by atoms with Crippen molar-refractivity contribution in [2.45, 2.75) is 124 Å². The average Bonchev–Trinajstić information content (AvgIpc) is 0.708. The number of benzene rings is 11. The maximum Gasteiger partial charge on any atom is 0.249 e. The minimum atomic E-state index is -0.135. The minimum Gasteiger partial charge on any atom is -0.311 e. The van der Waals surface area contributed by atoms with Gasteiger partial charge in [0.05, 0.1) is 0 Å². The number of nitrogens with zero attached hydrogens (tertiary/aromatic N) is 4. The van der Waals surface area contributed by atoms with Crippen molar-refractivity contribution in [3.63, 3.8) is 0 Å². The number of para-hydroxylation sites is 8. The summed E-state index contributed by atoms with van der Waals surface area (Å²) in [6.45, 7) is 28.1. The van der Waals surface area contributed by atoms with Gasteiger partial charge in [-0.3, -0.25) is 0 Å². The van der Waals surface area contributed by atoms with Crippen LogP contribution in [0.15, 0.2) is 262 Å². The van der Waals surface area contributed by atoms with Gasteiger partial charge >= 0.3 is 0 Å². The molecule has 0 saturated heterocycles. The van der Waals surface area contributed by atoms with Gasteiger partial charge in [0.25, 0.3) is 0 Å². The molecule has 0 aliphatic carbocycles. The molecule has 4 heterocycles. The topological polar surface area (TPSA) is 13.0 Å². The van der Waals surface area contributed by atoms with Crippen LogP contribution < -0.4 is 52.4 Å². The van der Waals surface area contributed by atoms with Gasteiger partial charge in [0, 0.05) is 87.8 Å². The largest absolute Gasteiger partial charge is 0.311 e. The summed E-state index contributed by atoms with van der Waals surface area (Å²) in [7, 11) is 0. The summed E-state index contributed by atoms with van der Waals surface area (Å²) in [5, 5.41) is 0. The van der Waals surface area contributed by atoms with Crippen molar-refractivity contribution < 1.29 is 0 Å². The molecule has 0 radical (unpaired) electrons. The Balaban J connectivity index is 0.990. The Bertz CT molecular complexity index is 4240. The summed E-state index contributed by atoms with van der Waals surface area (Å²) in [4.78, 5) is 15.4. The zero-order chi connectivity index (χ0) is 62.2. The normalized spacial score (nSPS) is 13.8. The summed E-state index contributed by atoms with van der Waals surface area (Å²) < 4.78 is 0. The summed E-state index contributed by atoms with van der Waals surface area (Å²) in [6, 6.07) is 92.3. The first-order chi connectivity index (χ1) is 43.2. The number of anilines is 12. The Morgan fingerprint density at radius 3 is 0.911 bits per heavy atom. The first-order valence-corrected chi connectivity index (χ1v) is 33.6. The summed E-state index contributed by atoms with van der Waals surface area (Å²) in [6.07, 6.45) is 0. The van der Waals surface area contributed by atoms with E-state index in [9.17, 15) is 0 Å². The van der Waals surface area contributed by atoms with Crippen LogP contribution in [0, 0.1) is 0 Å². The van der Waals surface area contributed by atoms with Crippen LogP contribution in [0.5, 0.6) is 0 Å². The first kappa shape index (κ1) is 57.9. The Kier molecular flexibility index (Phi) is 13.9. The van der Waals surface area contributed by atoms with Gasteiger partial charge in [0.2, 0.25) is 13.4 Å². The van der Waals surface area contributed by atoms with Crippen LogP contribution in [0.1, 0.15) is 105 Å². The standard InChI is InChI=1S/C82H76B2N4S2/c1-79(2,3)57-35-19-25-41-65(57)87(66-42-26-20-36-58(66)80(4,5)6)55-47-71-77-75(49-55)89-73-52-74-64(51-63(73)83(77)61-39-23-29-45-69(61)85(71)53-31-15-13-16-32-53)84-62-40-24-30-46-70(62)86(54-33-17-14-18-34-54)72-48-56(50-76(90-74)78(72)84)88(67-43-27-21-37-59(67)81(7,8)9)68-44-28-22-38-60(68)82(10,11)12/h13-52H,1-12H3. The third kappa shape index (κ3) is 9.62. The molecule has 442 valence electrons. The summed E-state index contributed by atoms with van der Waals surface area (Å²) in [5.41, 5.74) is 26.9. The second kappa shape index (κ2) is 21.6. The first-order valence-electron chi connectivity index (χ1n) is 32.0. The van der Waals surface area contributed by atoms with Crippen molar-refractivity contribution in [1.82, 2.24) is 0 Å². The second-order valence-electron chi connectivity index (χ2n) is 29.0. The lowest BCUT2D eigenvalue weighted by atomic mass is 9.32. The SMILES string of the molecule is CC(C)(C)c1ccccc1N(c1cc2c3c(c1)N(c1ccccc1)c1ccccc1B3c1cc3c(cc1S2)Sc1cc(N(c2ccccc2C(C)(C)C)c2ccccc2C(C)(C)C)cc2c1B3c1ccccc1N2c1ccccc1)c1ccccc1C(C)(C)C. The number of hydrogen-bond acceptors (Lipinski definition) is 6. The van der Waals surface area contributed by atoms with Crippen LogP contribution in [-0.4, -0.2) is 13.4 Å². The van der Waals surface area contributed by atoms with Crippen LogP contribution in [0.4, 0.5) is 68.2 Å². The van der Waals surface area contributed by atoms with Crippen molar-refractivity contribution in [3.05, 3.63) is 265 Å². The van der Waals surface area contributed by atoms with E-state index in [1.54, 1.807) is 0 Å². The van der Waals surface area contributed by atoms with Crippen molar-refractivity contribution in [2.75, 3.05) is 19.6 Å². The van der Waals surface area contributed by atoms with Gasteiger partial charge in [0.15, 0.2) is 0 Å². The van der Waals surface area contributed by atoms with Gasteiger partial charge in [-0.05, 0) is 157 Å². The maximum absolute atomic E-state index is 2.65. The van der Waals surface area contributed by atoms with Gasteiger partial charge in [-0.2, -0.15) is 0 Å². The third-order valence-corrected chi connectivity index (χ3v) is 21.1. The molecule has 8 heteroatoms. The van der Waals surface area contributed by atoms with Gasteiger partial charge in [-0.15, -0.1) is 0 Å². The highest BCUT2D eigenvalue weighted by Gasteiger charge is 2.47. The highest BCUT2D eigenvalue weighted by atomic mass is 32.2. The quantitative estimate of drug-likeness (QED) is 0.140. The monoisotopic (exact) mass is 1200 g/mol. The number of fused-ring (bicyclic) bond motifs is 8. The lowest BCUT2D eigenvalue weighted by Crippen LogP contribution is -2.63. The lowest BCUT2D eigenvalue weighted by molar-refractivity contribution is 0.586. The highest BCUT2D eigenvalue weighted by Crippen LogP contribution is 2.53. The molecular formula is C82H76B2N4S2. The molecular weight excluding hydrogens is 1130 g/mol. The van der Waals surface area contributed by atoms with Crippen LogP contribution in [0.2, 0.25) is 0 Å². The van der Waals surface area contributed by atoms with E-state index in [4.69, 9.17) is 0 Å². The molecule has 0 atom stereocenters. The smallest absolute Gasteiger partial charge is 0.249 e. The molecule has 0 spiro atoms. The van der Waals surface area contributed by atoms with Crippen LogP contribution in [-0.2, 0) is 21.7 Å². The van der Waals surface area contributed by atoms with Gasteiger partial charge in [-0.1, -0.05) is 269 Å². The molecule has 0 amide bonds. The summed E-state index contributed by atoms with van der Waals surface area (Å²) >= 11 is 3.91. The molecule has 4 aliphatic rings. The molecule has 0 bridgehead atoms. The minimum absolute atomic E-state index is 0.0360. The lowest BCUT2D eigenvalue weighted by Gasteiger charge is -2.43. The number of hydrogen-bond donors (Lipinski definition) is 0. The van der Waals surface area contributed by atoms with Crippen LogP contribution in [0.3, 0.4) is 0 Å². The predicted octanol–water partition coefficient (Wildman–Crippen LogP) is 19.3. The molecule has 11 aromatic carbocycles. The van der Waals surface area contributed by atoms with Crippen molar-refractivity contribution in [3.8, 4) is 0 Å². The van der Waals surface area contributed by atoms with E-state index in [1.165, 1.54) is 120 Å². The van der Waals surface area contributed by atoms with E-state index in [1.807, 2.05) is 23.5 Å². The Labute approximate surface area is 543 Å². The Morgan fingerprint density at radius 2 is 0.578 bits per heavy atom. The van der Waals surface area contributed by atoms with E-state index < -0.39 is 0 Å². The molecule has 0 fully saturated rings. The fourth-order valence-corrected chi connectivity index (χ4v) is 17.4. The predicted molar refractivity (Wildman–Crippen MR) is 390 cm³/mol. The zero-order valence-electron chi connectivity index (χ0n) is 53.9. The van der Waals surface area contributed by atoms with E-state index in [2.05, 4.69) is 345 Å². The van der Waals surface area contributed by atoms with Gasteiger partial charge in [0.1, 0.15) is 0 Å². The van der Waals surface area contributed by atoms with E-state index in [0.29, 0.717) is 0 Å². The van der Waals surface area contributed by atoms with Crippen molar-refractivity contribution >= 4 is 138 Å². The van der Waals surface area contributed by atoms with Crippen molar-refractivity contribution in [2.24, 2.45) is 0 Å². The Hall–Kier alpha value is -8.55. The molecule has 11 aromatic rings. The van der Waals surface area contributed by atoms with Crippen LogP contribution in [0.25, 0.3) is 0 Å². The third-order valence-electron chi connectivity index (χ3n) is 18.8. The van der Waals surface area contributed by atoms with Gasteiger partial charge < -0.3 is 19.6 Å². The number of rotatable bonds is 8. The zero-order valence-corrected chi connectivity index (χ0v) is 55.5. The van der Waals surface area contributed by atoms with E-state index >= 15 is 0 Å².